The summed E-state index contributed by atoms with van der Waals surface area (Å²) >= 11 is 0. The number of amides is 2. The van der Waals surface area contributed by atoms with Gasteiger partial charge in [0.2, 0.25) is 11.8 Å². The molecule has 5 nitrogen and oxygen atoms in total. The number of rotatable bonds is 4. The van der Waals surface area contributed by atoms with Crippen molar-refractivity contribution >= 4 is 11.8 Å². The van der Waals surface area contributed by atoms with Crippen molar-refractivity contribution in [2.75, 3.05) is 13.6 Å². The van der Waals surface area contributed by atoms with Gasteiger partial charge in [-0.1, -0.05) is 38.1 Å². The van der Waals surface area contributed by atoms with E-state index in [4.69, 9.17) is 5.26 Å². The number of carbonyl (C=O) groups is 2. The molecular formula is C18H23N3O2. The Morgan fingerprint density at radius 3 is 2.65 bits per heavy atom. The van der Waals surface area contributed by atoms with Gasteiger partial charge in [0.1, 0.15) is 12.6 Å². The van der Waals surface area contributed by atoms with Gasteiger partial charge < -0.3 is 9.80 Å². The number of hydrogen-bond acceptors (Lipinski definition) is 3. The fraction of sp³-hybridized carbons (Fsp3) is 0.500. The van der Waals surface area contributed by atoms with Gasteiger partial charge in [0, 0.05) is 25.9 Å². The molecule has 1 aromatic carbocycles. The van der Waals surface area contributed by atoms with E-state index in [9.17, 15) is 9.59 Å². The van der Waals surface area contributed by atoms with E-state index < -0.39 is 6.04 Å². The second-order valence-electron chi connectivity index (χ2n) is 6.12. The zero-order valence-corrected chi connectivity index (χ0v) is 14.0. The quantitative estimate of drug-likeness (QED) is 0.798. The highest BCUT2D eigenvalue weighted by atomic mass is 16.2. The minimum absolute atomic E-state index is 0.00529. The molecule has 0 saturated carbocycles. The smallest absolute Gasteiger partial charge is 0.246 e. The predicted octanol–water partition coefficient (Wildman–Crippen LogP) is 1.97. The summed E-state index contributed by atoms with van der Waals surface area (Å²) < 4.78 is 0. The van der Waals surface area contributed by atoms with E-state index in [1.807, 2.05) is 44.2 Å². The minimum atomic E-state index is -0.523. The molecule has 122 valence electrons. The number of nitrogens with zero attached hydrogens (tertiary/aromatic N) is 3. The lowest BCUT2D eigenvalue weighted by molar-refractivity contribution is -0.148. The molecule has 2 atom stereocenters. The maximum Gasteiger partial charge on any atom is 0.246 e. The SMILES string of the molecule is CCC(C)C(=O)N1Cc2ccccc2CC1C(=O)N(C)CC#N. The summed E-state index contributed by atoms with van der Waals surface area (Å²) in [7, 11) is 1.61. The van der Waals surface area contributed by atoms with E-state index in [1.54, 1.807) is 11.9 Å². The first-order chi connectivity index (χ1) is 11.0. The second-order valence-corrected chi connectivity index (χ2v) is 6.12. The van der Waals surface area contributed by atoms with Crippen LogP contribution in [-0.2, 0) is 22.6 Å². The summed E-state index contributed by atoms with van der Waals surface area (Å²) in [6.07, 6.45) is 1.25. The number of likely N-dealkylation sites (N-methyl/N-ethyl adjacent to an activating group) is 1. The summed E-state index contributed by atoms with van der Waals surface area (Å²) in [5.74, 6) is -0.278. The molecule has 2 amide bonds. The summed E-state index contributed by atoms with van der Waals surface area (Å²) in [6, 6.07) is 9.38. The van der Waals surface area contributed by atoms with Crippen LogP contribution in [0.25, 0.3) is 0 Å². The van der Waals surface area contributed by atoms with Crippen LogP contribution in [0.3, 0.4) is 0 Å². The number of fused-ring (bicyclic) bond motifs is 1. The van der Waals surface area contributed by atoms with Gasteiger partial charge in [-0.15, -0.1) is 0 Å². The topological polar surface area (TPSA) is 64.4 Å². The first kappa shape index (κ1) is 17.0. The van der Waals surface area contributed by atoms with Gasteiger partial charge >= 0.3 is 0 Å². The Kier molecular flexibility index (Phi) is 5.38. The van der Waals surface area contributed by atoms with Gasteiger partial charge in [0.05, 0.1) is 6.07 Å². The highest BCUT2D eigenvalue weighted by Gasteiger charge is 2.37. The van der Waals surface area contributed by atoms with Crippen LogP contribution in [0.4, 0.5) is 0 Å². The highest BCUT2D eigenvalue weighted by Crippen LogP contribution is 2.26. The number of hydrogen-bond donors (Lipinski definition) is 0. The number of nitriles is 1. The second kappa shape index (κ2) is 7.28. The summed E-state index contributed by atoms with van der Waals surface area (Å²) in [5.41, 5.74) is 2.19. The van der Waals surface area contributed by atoms with Crippen LogP contribution in [-0.4, -0.2) is 41.2 Å². The average molecular weight is 313 g/mol. The summed E-state index contributed by atoms with van der Waals surface area (Å²) in [5, 5.41) is 8.82. The third-order valence-corrected chi connectivity index (χ3v) is 4.53. The maximum absolute atomic E-state index is 12.7. The van der Waals surface area contributed by atoms with E-state index in [0.717, 1.165) is 17.5 Å². The van der Waals surface area contributed by atoms with Gasteiger partial charge in [0.25, 0.3) is 0 Å². The molecule has 2 rings (SSSR count). The molecule has 0 aliphatic carbocycles. The van der Waals surface area contributed by atoms with E-state index in [0.29, 0.717) is 13.0 Å². The average Bonchev–Trinajstić information content (AvgIpc) is 2.58. The number of carbonyl (C=O) groups excluding carboxylic acids is 2. The third-order valence-electron chi connectivity index (χ3n) is 4.53. The van der Waals surface area contributed by atoms with Crippen molar-refractivity contribution in [3.8, 4) is 6.07 Å². The molecule has 0 bridgehead atoms. The lowest BCUT2D eigenvalue weighted by Gasteiger charge is -2.38. The van der Waals surface area contributed by atoms with Crippen LogP contribution in [0, 0.1) is 17.2 Å². The zero-order chi connectivity index (χ0) is 17.0. The van der Waals surface area contributed by atoms with Gasteiger partial charge in [-0.2, -0.15) is 5.26 Å². The van der Waals surface area contributed by atoms with Crippen LogP contribution >= 0.6 is 0 Å². The molecule has 0 N–H and O–H groups in total. The maximum atomic E-state index is 12.7. The normalized spacial score (nSPS) is 17.8. The van der Waals surface area contributed by atoms with Crippen LogP contribution in [0.15, 0.2) is 24.3 Å². The minimum Gasteiger partial charge on any atom is -0.331 e. The Morgan fingerprint density at radius 2 is 2.04 bits per heavy atom. The highest BCUT2D eigenvalue weighted by molar-refractivity contribution is 5.89. The van der Waals surface area contributed by atoms with Crippen molar-refractivity contribution in [3.05, 3.63) is 35.4 Å². The standard InChI is InChI=1S/C18H23N3O2/c1-4-13(2)17(22)21-12-15-8-6-5-7-14(15)11-16(21)18(23)20(3)10-9-19/h5-8,13,16H,4,10-12H2,1-3H3. The van der Waals surface area contributed by atoms with E-state index in [2.05, 4.69) is 0 Å². The lowest BCUT2D eigenvalue weighted by Crippen LogP contribution is -2.54. The molecule has 1 aliphatic rings. The molecular weight excluding hydrogens is 290 g/mol. The fourth-order valence-corrected chi connectivity index (χ4v) is 2.87. The Morgan fingerprint density at radius 1 is 1.39 bits per heavy atom. The molecule has 0 saturated heterocycles. The van der Waals surface area contributed by atoms with Gasteiger partial charge in [0.15, 0.2) is 0 Å². The van der Waals surface area contributed by atoms with Crippen LogP contribution < -0.4 is 0 Å². The van der Waals surface area contributed by atoms with E-state index in [-0.39, 0.29) is 24.3 Å². The van der Waals surface area contributed by atoms with Crippen molar-refractivity contribution in [1.29, 1.82) is 5.26 Å². The molecule has 1 aliphatic heterocycles. The first-order valence-corrected chi connectivity index (χ1v) is 7.98. The zero-order valence-electron chi connectivity index (χ0n) is 14.0. The third kappa shape index (κ3) is 3.53. The van der Waals surface area contributed by atoms with E-state index >= 15 is 0 Å². The van der Waals surface area contributed by atoms with Gasteiger partial charge in [-0.05, 0) is 17.5 Å². The summed E-state index contributed by atoms with van der Waals surface area (Å²) in [6.45, 7) is 4.35. The molecule has 1 heterocycles. The van der Waals surface area contributed by atoms with Crippen LogP contribution in [0.2, 0.25) is 0 Å². The first-order valence-electron chi connectivity index (χ1n) is 7.98. The monoisotopic (exact) mass is 313 g/mol. The fourth-order valence-electron chi connectivity index (χ4n) is 2.87. The molecule has 1 aromatic rings. The molecule has 2 unspecified atom stereocenters. The predicted molar refractivity (Wildman–Crippen MR) is 87.2 cm³/mol. The molecule has 0 aromatic heterocycles. The van der Waals surface area contributed by atoms with Crippen molar-refractivity contribution in [2.24, 2.45) is 5.92 Å². The van der Waals surface area contributed by atoms with Gasteiger partial charge in [-0.25, -0.2) is 0 Å². The summed E-state index contributed by atoms with van der Waals surface area (Å²) in [4.78, 5) is 28.5. The Bertz CT molecular complexity index is 635. The van der Waals surface area contributed by atoms with E-state index in [1.165, 1.54) is 4.90 Å². The van der Waals surface area contributed by atoms with Gasteiger partial charge in [-0.3, -0.25) is 9.59 Å². The number of benzene rings is 1. The lowest BCUT2D eigenvalue weighted by atomic mass is 9.91. The van der Waals surface area contributed by atoms with Crippen molar-refractivity contribution in [1.82, 2.24) is 9.80 Å². The largest absolute Gasteiger partial charge is 0.331 e. The van der Waals surface area contributed by atoms with Crippen molar-refractivity contribution in [2.45, 2.75) is 39.3 Å². The van der Waals surface area contributed by atoms with Crippen LogP contribution in [0.5, 0.6) is 0 Å². The van der Waals surface area contributed by atoms with Crippen molar-refractivity contribution in [3.63, 3.8) is 0 Å². The Hall–Kier alpha value is -2.35. The Balaban J connectivity index is 2.33. The van der Waals surface area contributed by atoms with Crippen molar-refractivity contribution < 1.29 is 9.59 Å². The molecule has 0 radical (unpaired) electrons. The molecule has 5 heteroatoms. The Labute approximate surface area is 137 Å². The molecule has 23 heavy (non-hydrogen) atoms. The molecule has 0 spiro atoms. The van der Waals surface area contributed by atoms with Crippen LogP contribution in [0.1, 0.15) is 31.4 Å². The molecule has 0 fully saturated rings.